The number of hydrogen-bond acceptors (Lipinski definition) is 4. The average molecular weight is 266 g/mol. The van der Waals surface area contributed by atoms with Gasteiger partial charge in [0, 0.05) is 10.1 Å². The lowest BCUT2D eigenvalue weighted by atomic mass is 10.1. The van der Waals surface area contributed by atoms with E-state index in [1.807, 2.05) is 24.3 Å². The first-order valence-electron chi connectivity index (χ1n) is 5.90. The van der Waals surface area contributed by atoms with E-state index in [4.69, 9.17) is 9.47 Å². The van der Waals surface area contributed by atoms with Crippen molar-refractivity contribution >= 4 is 17.7 Å². The Hall–Kier alpha value is -1.16. The van der Waals surface area contributed by atoms with Crippen LogP contribution in [0, 0.1) is 11.3 Å². The normalized spacial score (nSPS) is 24.4. The van der Waals surface area contributed by atoms with Gasteiger partial charge in [-0.15, -0.1) is 11.8 Å². The zero-order valence-corrected chi connectivity index (χ0v) is 11.9. The number of benzene rings is 1. The number of esters is 1. The Morgan fingerprint density at radius 1 is 1.28 bits per heavy atom. The number of ether oxygens (including phenoxy) is 2. The predicted octanol–water partition coefficient (Wildman–Crippen LogP) is 2.98. The van der Waals surface area contributed by atoms with E-state index in [0.717, 1.165) is 10.6 Å². The summed E-state index contributed by atoms with van der Waals surface area (Å²) < 4.78 is 10.2. The maximum absolute atomic E-state index is 11.7. The second kappa shape index (κ2) is 4.84. The van der Waals surface area contributed by atoms with Crippen molar-refractivity contribution in [1.82, 2.24) is 0 Å². The zero-order chi connectivity index (χ0) is 13.3. The number of thioether (sulfide) groups is 1. The molecule has 0 heterocycles. The first-order chi connectivity index (χ1) is 8.52. The van der Waals surface area contributed by atoms with Gasteiger partial charge in [0.2, 0.25) is 0 Å². The fourth-order valence-electron chi connectivity index (χ4n) is 2.22. The number of carbonyl (C=O) groups is 1. The van der Waals surface area contributed by atoms with E-state index in [0.29, 0.717) is 0 Å². The smallest absolute Gasteiger partial charge is 0.310 e. The Morgan fingerprint density at radius 3 is 2.56 bits per heavy atom. The Bertz CT molecular complexity index is 456. The maximum Gasteiger partial charge on any atom is 0.310 e. The lowest BCUT2D eigenvalue weighted by Crippen LogP contribution is -2.07. The highest BCUT2D eigenvalue weighted by atomic mass is 32.2. The summed E-state index contributed by atoms with van der Waals surface area (Å²) in [5.41, 5.74) is -0.0153. The third kappa shape index (κ3) is 2.21. The quantitative estimate of drug-likeness (QED) is 0.785. The molecule has 0 amide bonds. The fourth-order valence-corrected chi connectivity index (χ4v) is 3.89. The molecule has 4 heteroatoms. The van der Waals surface area contributed by atoms with Gasteiger partial charge in [-0.25, -0.2) is 0 Å². The van der Waals surface area contributed by atoms with E-state index in [1.54, 1.807) is 18.9 Å². The molecule has 98 valence electrons. The van der Waals surface area contributed by atoms with Crippen LogP contribution in [-0.2, 0) is 9.53 Å². The van der Waals surface area contributed by atoms with Crippen molar-refractivity contribution in [3.05, 3.63) is 24.3 Å². The molecule has 2 atom stereocenters. The molecule has 0 N–H and O–H groups in total. The minimum Gasteiger partial charge on any atom is -0.496 e. The predicted molar refractivity (Wildman–Crippen MR) is 71.9 cm³/mol. The Labute approximate surface area is 112 Å². The standard InChI is InChI=1S/C14H18O3S/c1-14(2)11(13(15)17-4)12(14)18-10-8-6-5-7-9(10)16-3/h5-8,11-12H,1-4H3/t11-,12-/m1/s1. The van der Waals surface area contributed by atoms with Crippen LogP contribution in [0.3, 0.4) is 0 Å². The van der Waals surface area contributed by atoms with E-state index in [1.165, 1.54) is 7.11 Å². The SMILES string of the molecule is COC(=O)[C@H]1[C@@H](Sc2ccccc2OC)C1(C)C. The van der Waals surface area contributed by atoms with E-state index in [-0.39, 0.29) is 22.6 Å². The van der Waals surface area contributed by atoms with Crippen LogP contribution in [0.2, 0.25) is 0 Å². The molecule has 3 nitrogen and oxygen atoms in total. The summed E-state index contributed by atoms with van der Waals surface area (Å²) in [4.78, 5) is 12.8. The van der Waals surface area contributed by atoms with Gasteiger partial charge in [0.1, 0.15) is 5.75 Å². The van der Waals surface area contributed by atoms with Crippen molar-refractivity contribution in [1.29, 1.82) is 0 Å². The van der Waals surface area contributed by atoms with E-state index >= 15 is 0 Å². The van der Waals surface area contributed by atoms with Gasteiger partial charge >= 0.3 is 5.97 Å². The first-order valence-corrected chi connectivity index (χ1v) is 6.78. The summed E-state index contributed by atoms with van der Waals surface area (Å²) in [5, 5.41) is 0.251. The van der Waals surface area contributed by atoms with Crippen LogP contribution in [0.25, 0.3) is 0 Å². The summed E-state index contributed by atoms with van der Waals surface area (Å²) >= 11 is 1.69. The monoisotopic (exact) mass is 266 g/mol. The second-order valence-corrected chi connectivity index (χ2v) is 6.19. The molecule has 0 bridgehead atoms. The third-order valence-electron chi connectivity index (χ3n) is 3.51. The molecule has 1 aliphatic rings. The second-order valence-electron chi connectivity index (χ2n) is 5.01. The third-order valence-corrected chi connectivity index (χ3v) is 5.23. The lowest BCUT2D eigenvalue weighted by Gasteiger charge is -2.08. The van der Waals surface area contributed by atoms with Crippen molar-refractivity contribution in [3.8, 4) is 5.75 Å². The van der Waals surface area contributed by atoms with Gasteiger partial charge in [0.25, 0.3) is 0 Å². The number of hydrogen-bond donors (Lipinski definition) is 0. The molecule has 0 aromatic heterocycles. The number of rotatable bonds is 4. The van der Waals surface area contributed by atoms with Crippen LogP contribution in [0.5, 0.6) is 5.75 Å². The van der Waals surface area contributed by atoms with Gasteiger partial charge < -0.3 is 9.47 Å². The van der Waals surface area contributed by atoms with Crippen molar-refractivity contribution in [2.24, 2.45) is 11.3 Å². The topological polar surface area (TPSA) is 35.5 Å². The first kappa shape index (κ1) is 13.3. The summed E-state index contributed by atoms with van der Waals surface area (Å²) in [7, 11) is 3.11. The average Bonchev–Trinajstić information content (AvgIpc) is 2.90. The summed E-state index contributed by atoms with van der Waals surface area (Å²) in [6.07, 6.45) is 0. The molecule has 1 saturated carbocycles. The molecule has 0 radical (unpaired) electrons. The minimum atomic E-state index is -0.118. The van der Waals surface area contributed by atoms with Crippen LogP contribution in [0.15, 0.2) is 29.2 Å². The molecule has 0 aliphatic heterocycles. The summed E-state index contributed by atoms with van der Waals surface area (Å²) in [6, 6.07) is 7.88. The number of carbonyl (C=O) groups excluding carboxylic acids is 1. The van der Waals surface area contributed by atoms with Crippen molar-refractivity contribution in [3.63, 3.8) is 0 Å². The van der Waals surface area contributed by atoms with E-state index < -0.39 is 0 Å². The molecule has 1 aromatic carbocycles. The van der Waals surface area contributed by atoms with Gasteiger partial charge in [-0.05, 0) is 17.5 Å². The van der Waals surface area contributed by atoms with Crippen molar-refractivity contribution in [2.45, 2.75) is 24.0 Å². The molecule has 0 unspecified atom stereocenters. The number of methoxy groups -OCH3 is 2. The highest BCUT2D eigenvalue weighted by molar-refractivity contribution is 8.00. The van der Waals surface area contributed by atoms with E-state index in [2.05, 4.69) is 13.8 Å². The van der Waals surface area contributed by atoms with Gasteiger partial charge in [-0.3, -0.25) is 4.79 Å². The Kier molecular flexibility index (Phi) is 3.57. The molecular formula is C14H18O3S. The lowest BCUT2D eigenvalue weighted by molar-refractivity contribution is -0.142. The highest BCUT2D eigenvalue weighted by Gasteiger charge is 2.63. The van der Waals surface area contributed by atoms with Crippen molar-refractivity contribution in [2.75, 3.05) is 14.2 Å². The molecular weight excluding hydrogens is 248 g/mol. The van der Waals surface area contributed by atoms with E-state index in [9.17, 15) is 4.79 Å². The molecule has 2 rings (SSSR count). The molecule has 0 saturated heterocycles. The van der Waals surface area contributed by atoms with Crippen molar-refractivity contribution < 1.29 is 14.3 Å². The van der Waals surface area contributed by atoms with Crippen LogP contribution in [-0.4, -0.2) is 25.4 Å². The zero-order valence-electron chi connectivity index (χ0n) is 11.1. The van der Waals surface area contributed by atoms with Gasteiger partial charge in [-0.1, -0.05) is 26.0 Å². The summed E-state index contributed by atoms with van der Waals surface area (Å²) in [6.45, 7) is 4.20. The molecule has 0 spiro atoms. The minimum absolute atomic E-state index is 0.0153. The largest absolute Gasteiger partial charge is 0.496 e. The fraction of sp³-hybridized carbons (Fsp3) is 0.500. The van der Waals surface area contributed by atoms with Crippen LogP contribution in [0.1, 0.15) is 13.8 Å². The molecule has 1 aliphatic carbocycles. The highest BCUT2D eigenvalue weighted by Crippen LogP contribution is 2.61. The van der Waals surface area contributed by atoms with Crippen LogP contribution in [0.4, 0.5) is 0 Å². The maximum atomic E-state index is 11.7. The molecule has 1 fully saturated rings. The Balaban J connectivity index is 2.13. The Morgan fingerprint density at radius 2 is 1.94 bits per heavy atom. The van der Waals surface area contributed by atoms with Crippen LogP contribution >= 0.6 is 11.8 Å². The van der Waals surface area contributed by atoms with Crippen LogP contribution < -0.4 is 4.74 Å². The van der Waals surface area contributed by atoms with Gasteiger partial charge in [-0.2, -0.15) is 0 Å². The molecule has 1 aromatic rings. The molecule has 18 heavy (non-hydrogen) atoms. The number of para-hydroxylation sites is 1. The summed E-state index contributed by atoms with van der Waals surface area (Å²) in [5.74, 6) is 0.707. The van der Waals surface area contributed by atoms with Gasteiger partial charge in [0.15, 0.2) is 0 Å². The van der Waals surface area contributed by atoms with Gasteiger partial charge in [0.05, 0.1) is 20.1 Å².